The molecular formula is C18H18N6O2. The number of rotatable bonds is 4. The Morgan fingerprint density at radius 3 is 3.00 bits per heavy atom. The van der Waals surface area contributed by atoms with Crippen molar-refractivity contribution in [2.24, 2.45) is 0 Å². The van der Waals surface area contributed by atoms with Crippen LogP contribution in [0.3, 0.4) is 0 Å². The van der Waals surface area contributed by atoms with Gasteiger partial charge in [-0.2, -0.15) is 0 Å². The summed E-state index contributed by atoms with van der Waals surface area (Å²) in [5.41, 5.74) is 4.63. The van der Waals surface area contributed by atoms with E-state index in [9.17, 15) is 4.79 Å². The van der Waals surface area contributed by atoms with Gasteiger partial charge in [0.2, 0.25) is 0 Å². The van der Waals surface area contributed by atoms with Crippen LogP contribution in [0.1, 0.15) is 23.1 Å². The van der Waals surface area contributed by atoms with E-state index in [0.717, 1.165) is 35.6 Å². The van der Waals surface area contributed by atoms with Crippen LogP contribution in [0, 0.1) is 0 Å². The number of nitrogens with one attached hydrogen (secondary N) is 2. The van der Waals surface area contributed by atoms with Gasteiger partial charge in [-0.3, -0.25) is 9.47 Å². The standard InChI is InChI=1S/C18H18N6O2/c25-18-24(14-3-1-2-4-15(14)26-18)8-7-23-6-5-12-16(22-11-21-12)17(23)13-9-19-10-20-13/h1-4,9-11,17H,5-8H2,(H,19,20)(H,21,22)/t17-/m1/s1. The second kappa shape index (κ2) is 5.99. The molecular weight excluding hydrogens is 332 g/mol. The number of aromatic amines is 2. The quantitative estimate of drug-likeness (QED) is 0.584. The highest BCUT2D eigenvalue weighted by Crippen LogP contribution is 2.31. The Morgan fingerprint density at radius 2 is 2.12 bits per heavy atom. The molecule has 5 rings (SSSR count). The fraction of sp³-hybridized carbons (Fsp3) is 0.278. The van der Waals surface area contributed by atoms with E-state index < -0.39 is 0 Å². The largest absolute Gasteiger partial charge is 0.419 e. The highest BCUT2D eigenvalue weighted by atomic mass is 16.4. The topological polar surface area (TPSA) is 95.7 Å². The van der Waals surface area contributed by atoms with Gasteiger partial charge in [-0.05, 0) is 12.1 Å². The van der Waals surface area contributed by atoms with Crippen LogP contribution >= 0.6 is 0 Å². The molecule has 8 nitrogen and oxygen atoms in total. The first kappa shape index (κ1) is 15.2. The van der Waals surface area contributed by atoms with Crippen LogP contribution in [0.25, 0.3) is 11.1 Å². The van der Waals surface area contributed by atoms with Crippen molar-refractivity contribution in [1.29, 1.82) is 0 Å². The van der Waals surface area contributed by atoms with Gasteiger partial charge in [0.15, 0.2) is 5.58 Å². The van der Waals surface area contributed by atoms with Crippen LogP contribution < -0.4 is 5.76 Å². The molecule has 4 heterocycles. The molecule has 1 aromatic carbocycles. The van der Waals surface area contributed by atoms with E-state index in [4.69, 9.17) is 4.42 Å². The molecule has 4 aromatic rings. The summed E-state index contributed by atoms with van der Waals surface area (Å²) in [7, 11) is 0. The number of fused-ring (bicyclic) bond motifs is 2. The van der Waals surface area contributed by atoms with Gasteiger partial charge in [-0.25, -0.2) is 14.8 Å². The molecule has 1 atom stereocenters. The SMILES string of the molecule is O=c1oc2ccccc2n1CCN1CCc2[nH]cnc2[C@H]1c1cnc[nH]1. The number of imidazole rings is 2. The Morgan fingerprint density at radius 1 is 1.19 bits per heavy atom. The molecule has 0 amide bonds. The zero-order valence-electron chi connectivity index (χ0n) is 14.1. The number of aromatic nitrogens is 5. The molecule has 0 spiro atoms. The summed E-state index contributed by atoms with van der Waals surface area (Å²) in [4.78, 5) is 29.7. The molecule has 0 radical (unpaired) electrons. The molecule has 0 unspecified atom stereocenters. The third kappa shape index (κ3) is 2.38. The van der Waals surface area contributed by atoms with Gasteiger partial charge in [0, 0.05) is 37.9 Å². The Hall–Kier alpha value is -3.13. The normalized spacial score (nSPS) is 17.6. The lowest BCUT2D eigenvalue weighted by Crippen LogP contribution is -2.39. The molecule has 0 saturated heterocycles. The molecule has 0 bridgehead atoms. The number of hydrogen-bond acceptors (Lipinski definition) is 5. The second-order valence-electron chi connectivity index (χ2n) is 6.45. The highest BCUT2D eigenvalue weighted by Gasteiger charge is 2.31. The van der Waals surface area contributed by atoms with Crippen molar-refractivity contribution in [3.8, 4) is 0 Å². The van der Waals surface area contributed by atoms with E-state index in [0.29, 0.717) is 18.7 Å². The van der Waals surface area contributed by atoms with E-state index in [1.54, 1.807) is 17.2 Å². The van der Waals surface area contributed by atoms with Crippen molar-refractivity contribution in [2.45, 2.75) is 19.0 Å². The van der Waals surface area contributed by atoms with Gasteiger partial charge in [0.25, 0.3) is 0 Å². The molecule has 132 valence electrons. The average molecular weight is 350 g/mol. The summed E-state index contributed by atoms with van der Waals surface area (Å²) in [6.07, 6.45) is 6.16. The first-order valence-corrected chi connectivity index (χ1v) is 8.64. The molecule has 1 aliphatic rings. The molecule has 3 aromatic heterocycles. The average Bonchev–Trinajstić information content (AvgIpc) is 3.39. The first-order valence-electron chi connectivity index (χ1n) is 8.64. The maximum Gasteiger partial charge on any atom is 0.419 e. The Labute approximate surface area is 148 Å². The lowest BCUT2D eigenvalue weighted by Gasteiger charge is -2.34. The minimum absolute atomic E-state index is 0.00127. The van der Waals surface area contributed by atoms with E-state index in [2.05, 4.69) is 24.8 Å². The van der Waals surface area contributed by atoms with Crippen LogP contribution in [-0.4, -0.2) is 42.5 Å². The molecule has 0 aliphatic carbocycles. The third-order valence-electron chi connectivity index (χ3n) is 5.02. The summed E-state index contributed by atoms with van der Waals surface area (Å²) in [6.45, 7) is 2.14. The van der Waals surface area contributed by atoms with Crippen LogP contribution in [0.2, 0.25) is 0 Å². The fourth-order valence-electron chi connectivity index (χ4n) is 3.78. The van der Waals surface area contributed by atoms with E-state index >= 15 is 0 Å². The van der Waals surface area contributed by atoms with Crippen molar-refractivity contribution in [3.05, 3.63) is 70.7 Å². The summed E-state index contributed by atoms with van der Waals surface area (Å²) >= 11 is 0. The minimum Gasteiger partial charge on any atom is -0.408 e. The lowest BCUT2D eigenvalue weighted by atomic mass is 10.0. The number of oxazole rings is 1. The minimum atomic E-state index is -0.318. The van der Waals surface area contributed by atoms with Crippen LogP contribution in [-0.2, 0) is 13.0 Å². The van der Waals surface area contributed by atoms with Gasteiger partial charge < -0.3 is 14.4 Å². The number of hydrogen-bond donors (Lipinski definition) is 2. The molecule has 2 N–H and O–H groups in total. The summed E-state index contributed by atoms with van der Waals surface area (Å²) in [6, 6.07) is 7.51. The summed E-state index contributed by atoms with van der Waals surface area (Å²) < 4.78 is 7.03. The van der Waals surface area contributed by atoms with Gasteiger partial charge in [-0.1, -0.05) is 12.1 Å². The maximum absolute atomic E-state index is 12.2. The summed E-state index contributed by atoms with van der Waals surface area (Å²) in [5.74, 6) is -0.318. The molecule has 26 heavy (non-hydrogen) atoms. The van der Waals surface area contributed by atoms with E-state index in [1.807, 2.05) is 30.5 Å². The Kier molecular flexibility index (Phi) is 3.49. The zero-order valence-corrected chi connectivity index (χ0v) is 14.1. The number of para-hydroxylation sites is 2. The van der Waals surface area contributed by atoms with Gasteiger partial charge in [0.1, 0.15) is 0 Å². The second-order valence-corrected chi connectivity index (χ2v) is 6.45. The van der Waals surface area contributed by atoms with Crippen molar-refractivity contribution in [2.75, 3.05) is 13.1 Å². The predicted octanol–water partition coefficient (Wildman–Crippen LogP) is 1.69. The number of benzene rings is 1. The zero-order chi connectivity index (χ0) is 17.5. The predicted molar refractivity (Wildman–Crippen MR) is 94.8 cm³/mol. The van der Waals surface area contributed by atoms with Crippen LogP contribution in [0.4, 0.5) is 0 Å². The van der Waals surface area contributed by atoms with Gasteiger partial charge >= 0.3 is 5.76 Å². The number of H-pyrrole nitrogens is 2. The van der Waals surface area contributed by atoms with Crippen LogP contribution in [0.5, 0.6) is 0 Å². The molecule has 8 heteroatoms. The Bertz CT molecular complexity index is 1090. The van der Waals surface area contributed by atoms with Crippen molar-refractivity contribution < 1.29 is 4.42 Å². The van der Waals surface area contributed by atoms with Crippen molar-refractivity contribution >= 4 is 11.1 Å². The van der Waals surface area contributed by atoms with Gasteiger partial charge in [-0.15, -0.1) is 0 Å². The van der Waals surface area contributed by atoms with E-state index in [-0.39, 0.29) is 11.8 Å². The van der Waals surface area contributed by atoms with Crippen molar-refractivity contribution in [3.63, 3.8) is 0 Å². The maximum atomic E-state index is 12.2. The van der Waals surface area contributed by atoms with Crippen molar-refractivity contribution in [1.82, 2.24) is 29.4 Å². The third-order valence-corrected chi connectivity index (χ3v) is 5.02. The number of nitrogens with zero attached hydrogens (tertiary/aromatic N) is 4. The summed E-state index contributed by atoms with van der Waals surface area (Å²) in [5, 5.41) is 0. The van der Waals surface area contributed by atoms with Crippen LogP contribution in [0.15, 0.2) is 52.3 Å². The highest BCUT2D eigenvalue weighted by molar-refractivity contribution is 5.72. The fourth-order valence-corrected chi connectivity index (χ4v) is 3.78. The Balaban J connectivity index is 1.46. The first-order chi connectivity index (χ1) is 12.8. The molecule has 1 aliphatic heterocycles. The molecule has 0 saturated carbocycles. The van der Waals surface area contributed by atoms with Gasteiger partial charge in [0.05, 0.1) is 35.6 Å². The molecule has 0 fully saturated rings. The monoisotopic (exact) mass is 350 g/mol. The van der Waals surface area contributed by atoms with E-state index in [1.165, 1.54) is 0 Å². The smallest absolute Gasteiger partial charge is 0.408 e. The lowest BCUT2D eigenvalue weighted by molar-refractivity contribution is 0.197.